The zero-order chi connectivity index (χ0) is 29.2. The average molecular weight is 574 g/mol. The number of benzene rings is 2. The zero-order valence-electron chi connectivity index (χ0n) is 24.2. The van der Waals surface area contributed by atoms with Crippen LogP contribution in [0.2, 0.25) is 0 Å². The number of non-ortho nitro benzene ring substituents is 1. The van der Waals surface area contributed by atoms with Crippen LogP contribution in [0.15, 0.2) is 42.5 Å². The maximum atomic E-state index is 14.9. The van der Waals surface area contributed by atoms with Crippen LogP contribution in [0.4, 0.5) is 11.4 Å². The molecule has 4 bridgehead atoms. The van der Waals surface area contributed by atoms with E-state index in [1.54, 1.807) is 24.1 Å². The number of fused-ring (bicyclic) bond motifs is 3. The fourth-order valence-electron chi connectivity index (χ4n) is 9.85. The fourth-order valence-corrected chi connectivity index (χ4v) is 9.85. The predicted molar refractivity (Wildman–Crippen MR) is 156 cm³/mol. The van der Waals surface area contributed by atoms with Crippen LogP contribution in [0.5, 0.6) is 0 Å². The molecule has 4 saturated carbocycles. The normalized spacial score (nSPS) is 32.8. The summed E-state index contributed by atoms with van der Waals surface area (Å²) in [6.45, 7) is 1.37. The Bertz CT molecular complexity index is 1390. The van der Waals surface area contributed by atoms with Gasteiger partial charge in [0.15, 0.2) is 0 Å². The molecule has 222 valence electrons. The monoisotopic (exact) mass is 573 g/mol. The van der Waals surface area contributed by atoms with Crippen LogP contribution in [-0.4, -0.2) is 53.6 Å². The summed E-state index contributed by atoms with van der Waals surface area (Å²) in [5, 5.41) is 21.5. The lowest BCUT2D eigenvalue weighted by atomic mass is 9.49. The van der Waals surface area contributed by atoms with Crippen LogP contribution < -0.4 is 4.90 Å². The maximum absolute atomic E-state index is 14.9. The van der Waals surface area contributed by atoms with Crippen LogP contribution in [0.3, 0.4) is 0 Å². The van der Waals surface area contributed by atoms with Crippen molar-refractivity contribution >= 4 is 23.2 Å². The third kappa shape index (κ3) is 4.19. The lowest BCUT2D eigenvalue weighted by Crippen LogP contribution is -2.56. The number of nitro groups is 1. The molecule has 1 saturated heterocycles. The largest absolute Gasteiger partial charge is 0.392 e. The third-order valence-electron chi connectivity index (χ3n) is 11.0. The maximum Gasteiger partial charge on any atom is 0.269 e. The van der Waals surface area contributed by atoms with Gasteiger partial charge in [-0.3, -0.25) is 19.7 Å². The number of aliphatic hydroxyl groups excluding tert-OH is 1. The van der Waals surface area contributed by atoms with E-state index < -0.39 is 16.4 Å². The van der Waals surface area contributed by atoms with E-state index in [0.717, 1.165) is 48.3 Å². The van der Waals surface area contributed by atoms with Gasteiger partial charge < -0.3 is 19.6 Å². The summed E-state index contributed by atoms with van der Waals surface area (Å²) in [5.41, 5.74) is 1.81. The summed E-state index contributed by atoms with van der Waals surface area (Å²) in [4.78, 5) is 43.9. The standard InChI is InChI=1S/C33H39N3O6/c1-42-10-2-9-34-28-14-21(19-37)3-8-27(28)30-33(31(34)39,25-4-6-26(7-5-25)36(40)41)18-29(38)35(30)20-32-15-22-11-23(16-32)13-24(12-22)17-32/h3-8,14,22-24,30,37H,2,9-13,15-20H2,1H3/t22?,23?,24?,30-,32?,33-/m1/s1. The number of aliphatic hydroxyl groups is 1. The highest BCUT2D eigenvalue weighted by Crippen LogP contribution is 2.63. The predicted octanol–water partition coefficient (Wildman–Crippen LogP) is 4.90. The third-order valence-corrected chi connectivity index (χ3v) is 11.0. The van der Waals surface area contributed by atoms with Gasteiger partial charge in [0.05, 0.1) is 17.6 Å². The number of carbonyl (C=O) groups excluding carboxylic acids is 2. The van der Waals surface area contributed by atoms with Crippen molar-refractivity contribution in [1.29, 1.82) is 0 Å². The van der Waals surface area contributed by atoms with E-state index in [9.17, 15) is 24.8 Å². The number of anilines is 1. The van der Waals surface area contributed by atoms with Crippen molar-refractivity contribution in [2.45, 2.75) is 69.4 Å². The molecule has 1 N–H and O–H groups in total. The summed E-state index contributed by atoms with van der Waals surface area (Å²) in [6, 6.07) is 11.5. The Morgan fingerprint density at radius 3 is 2.29 bits per heavy atom. The van der Waals surface area contributed by atoms with Gasteiger partial charge in [0.2, 0.25) is 11.8 Å². The van der Waals surface area contributed by atoms with Crippen LogP contribution in [0, 0.1) is 33.3 Å². The second-order valence-corrected chi connectivity index (χ2v) is 13.6. The molecule has 6 aliphatic rings. The van der Waals surface area contributed by atoms with Crippen LogP contribution in [-0.2, 0) is 26.3 Å². The second-order valence-electron chi connectivity index (χ2n) is 13.6. The molecule has 0 aromatic heterocycles. The van der Waals surface area contributed by atoms with Crippen LogP contribution in [0.25, 0.3) is 0 Å². The first kappa shape index (κ1) is 27.5. The fraction of sp³-hybridized carbons (Fsp3) is 0.576. The Kier molecular flexibility index (Phi) is 6.66. The lowest BCUT2D eigenvalue weighted by molar-refractivity contribution is -0.384. The number of likely N-dealkylation sites (tertiary alicyclic amines) is 1. The van der Waals surface area contributed by atoms with Crippen molar-refractivity contribution in [3.63, 3.8) is 0 Å². The van der Waals surface area contributed by atoms with E-state index in [0.29, 0.717) is 37.2 Å². The first-order valence-electron chi connectivity index (χ1n) is 15.4. The van der Waals surface area contributed by atoms with E-state index >= 15 is 0 Å². The van der Waals surface area contributed by atoms with Gasteiger partial charge >= 0.3 is 0 Å². The van der Waals surface area contributed by atoms with Gasteiger partial charge in [-0.05, 0) is 90.9 Å². The van der Waals surface area contributed by atoms with Crippen LogP contribution >= 0.6 is 0 Å². The van der Waals surface area contributed by atoms with Gasteiger partial charge in [-0.1, -0.05) is 24.3 Å². The van der Waals surface area contributed by atoms with E-state index in [1.807, 2.05) is 23.1 Å². The molecule has 9 nitrogen and oxygen atoms in total. The summed E-state index contributed by atoms with van der Waals surface area (Å²) < 4.78 is 5.30. The molecule has 0 unspecified atom stereocenters. The molecule has 2 aromatic carbocycles. The number of hydrogen-bond donors (Lipinski definition) is 1. The van der Waals surface area contributed by atoms with Gasteiger partial charge in [-0.25, -0.2) is 0 Å². The van der Waals surface area contributed by atoms with Gasteiger partial charge in [-0.2, -0.15) is 0 Å². The molecule has 4 aliphatic carbocycles. The van der Waals surface area contributed by atoms with E-state index in [-0.39, 0.29) is 35.9 Å². The topological polar surface area (TPSA) is 113 Å². The minimum Gasteiger partial charge on any atom is -0.392 e. The van der Waals surface area contributed by atoms with E-state index in [1.165, 1.54) is 31.4 Å². The first-order valence-corrected chi connectivity index (χ1v) is 15.4. The number of methoxy groups -OCH3 is 1. The van der Waals surface area contributed by atoms with Crippen molar-refractivity contribution in [2.24, 2.45) is 23.2 Å². The van der Waals surface area contributed by atoms with E-state index in [4.69, 9.17) is 4.74 Å². The van der Waals surface area contributed by atoms with Gasteiger partial charge in [0, 0.05) is 51.0 Å². The Hall–Kier alpha value is -3.30. The van der Waals surface area contributed by atoms with Crippen molar-refractivity contribution in [1.82, 2.24) is 4.90 Å². The first-order chi connectivity index (χ1) is 20.3. The number of amides is 2. The number of rotatable bonds is 9. The molecule has 2 heterocycles. The van der Waals surface area contributed by atoms with Crippen molar-refractivity contribution in [2.75, 3.05) is 31.7 Å². The zero-order valence-corrected chi connectivity index (χ0v) is 24.2. The number of hydrogen-bond acceptors (Lipinski definition) is 6. The molecule has 2 atom stereocenters. The molecule has 8 rings (SSSR count). The van der Waals surface area contributed by atoms with Gasteiger partial charge in [0.1, 0.15) is 5.41 Å². The lowest BCUT2D eigenvalue weighted by Gasteiger charge is -2.58. The molecule has 2 aromatic rings. The molecule has 5 fully saturated rings. The Morgan fingerprint density at radius 1 is 1.02 bits per heavy atom. The second kappa shape index (κ2) is 10.2. The number of nitro benzene ring substituents is 1. The number of ether oxygens (including phenoxy) is 1. The summed E-state index contributed by atoms with van der Waals surface area (Å²) in [6.07, 6.45) is 8.01. The van der Waals surface area contributed by atoms with Crippen LogP contribution in [0.1, 0.15) is 74.1 Å². The highest BCUT2D eigenvalue weighted by Gasteiger charge is 2.64. The molecule has 0 spiro atoms. The van der Waals surface area contributed by atoms with Gasteiger partial charge in [0.25, 0.3) is 5.69 Å². The highest BCUT2D eigenvalue weighted by atomic mass is 16.6. The number of nitrogens with zero attached hydrogens (tertiary/aromatic N) is 3. The number of carbonyl (C=O) groups is 2. The minimum absolute atomic E-state index is 0.0293. The summed E-state index contributed by atoms with van der Waals surface area (Å²) >= 11 is 0. The summed E-state index contributed by atoms with van der Waals surface area (Å²) in [5.74, 6) is 2.01. The Morgan fingerprint density at radius 2 is 1.69 bits per heavy atom. The molecule has 9 heteroatoms. The quantitative estimate of drug-likeness (QED) is 0.259. The SMILES string of the molecule is COCCCN1C(=O)[C@@]2(c3ccc([N+](=O)[O-])cc3)CC(=O)N(CC34CC5CC(CC(C5)C3)C4)[C@@H]2c2ccc(CO)cc21. The molecule has 0 radical (unpaired) electrons. The molecule has 2 aliphatic heterocycles. The van der Waals surface area contributed by atoms with Gasteiger partial charge in [-0.15, -0.1) is 0 Å². The van der Waals surface area contributed by atoms with Crippen molar-refractivity contribution in [3.8, 4) is 0 Å². The Labute approximate surface area is 246 Å². The molecule has 42 heavy (non-hydrogen) atoms. The Balaban J connectivity index is 1.37. The van der Waals surface area contributed by atoms with Crippen molar-refractivity contribution < 1.29 is 24.4 Å². The minimum atomic E-state index is -1.20. The average Bonchev–Trinajstić information content (AvgIpc) is 3.26. The van der Waals surface area contributed by atoms with Crippen molar-refractivity contribution in [3.05, 3.63) is 69.3 Å². The highest BCUT2D eigenvalue weighted by molar-refractivity contribution is 6.09. The molecular formula is C33H39N3O6. The smallest absolute Gasteiger partial charge is 0.269 e. The molecular weight excluding hydrogens is 534 g/mol. The summed E-state index contributed by atoms with van der Waals surface area (Å²) in [7, 11) is 1.63. The van der Waals surface area contributed by atoms with E-state index in [2.05, 4.69) is 0 Å². The molecule has 2 amide bonds.